The van der Waals surface area contributed by atoms with Crippen LogP contribution in [0.15, 0.2) is 29.4 Å². The van der Waals surface area contributed by atoms with Crippen LogP contribution in [0, 0.1) is 17.3 Å². The van der Waals surface area contributed by atoms with E-state index in [9.17, 15) is 24.0 Å². The average Bonchev–Trinajstić information content (AvgIpc) is 3.66. The second kappa shape index (κ2) is 15.2. The van der Waals surface area contributed by atoms with E-state index in [2.05, 4.69) is 21.1 Å². The highest BCUT2D eigenvalue weighted by Crippen LogP contribution is 2.40. The molecule has 0 aromatic heterocycles. The first-order valence-corrected chi connectivity index (χ1v) is 18.4. The van der Waals surface area contributed by atoms with Crippen LogP contribution in [0.25, 0.3) is 0 Å². The van der Waals surface area contributed by atoms with Crippen LogP contribution in [0.1, 0.15) is 111 Å². The van der Waals surface area contributed by atoms with Gasteiger partial charge in [0.15, 0.2) is 5.60 Å². The molecule has 11 nitrogen and oxygen atoms in total. The molecule has 2 heterocycles. The molecule has 1 aromatic carbocycles. The highest BCUT2D eigenvalue weighted by atomic mass is 35.5. The van der Waals surface area contributed by atoms with Gasteiger partial charge in [0.1, 0.15) is 12.1 Å². The van der Waals surface area contributed by atoms with Gasteiger partial charge < -0.3 is 25.7 Å². The number of carbonyl (C=O) groups excluding carboxylic acids is 5. The first-order valence-electron chi connectivity index (χ1n) is 18.0. The number of rotatable bonds is 12. The molecule has 268 valence electrons. The summed E-state index contributed by atoms with van der Waals surface area (Å²) in [5.41, 5.74) is -0.267. The molecular weight excluding hydrogens is 646 g/mol. The van der Waals surface area contributed by atoms with Gasteiger partial charge in [-0.25, -0.2) is 0 Å². The van der Waals surface area contributed by atoms with Crippen molar-refractivity contribution < 1.29 is 28.8 Å². The number of benzene rings is 1. The molecule has 1 spiro atoms. The maximum atomic E-state index is 14.6. The summed E-state index contributed by atoms with van der Waals surface area (Å²) in [6.45, 7) is 9.53. The Morgan fingerprint density at radius 3 is 2.41 bits per heavy atom. The summed E-state index contributed by atoms with van der Waals surface area (Å²) >= 11 is 6.26. The molecule has 5 atom stereocenters. The molecule has 1 saturated heterocycles. The van der Waals surface area contributed by atoms with Gasteiger partial charge in [-0.2, -0.15) is 0 Å². The number of nitrogens with one attached hydrogen (secondary N) is 3. The van der Waals surface area contributed by atoms with Gasteiger partial charge in [-0.15, -0.1) is 0 Å². The van der Waals surface area contributed by atoms with Crippen LogP contribution in [0.5, 0.6) is 0 Å². The van der Waals surface area contributed by atoms with E-state index in [0.717, 1.165) is 44.1 Å². The number of hydrogen-bond acceptors (Lipinski definition) is 7. The molecule has 1 aromatic rings. The number of Topliss-reactive ketones (excluding diaryl/α,β-unsaturated/α-hetero) is 1. The quantitative estimate of drug-likeness (QED) is 0.271. The van der Waals surface area contributed by atoms with Gasteiger partial charge in [0.05, 0.1) is 18.3 Å². The predicted octanol–water partition coefficient (Wildman–Crippen LogP) is 4.68. The fraction of sp³-hybridized carbons (Fsp3) is 0.676. The maximum Gasteiger partial charge on any atom is 0.289 e. The second-order valence-corrected chi connectivity index (χ2v) is 16.1. The minimum absolute atomic E-state index is 0.00388. The summed E-state index contributed by atoms with van der Waals surface area (Å²) in [5, 5.41) is 13.5. The van der Waals surface area contributed by atoms with E-state index in [4.69, 9.17) is 16.4 Å². The van der Waals surface area contributed by atoms with Crippen molar-refractivity contribution >= 4 is 46.7 Å². The van der Waals surface area contributed by atoms with Crippen molar-refractivity contribution in [2.75, 3.05) is 6.54 Å². The van der Waals surface area contributed by atoms with Crippen LogP contribution in [-0.2, 0) is 28.8 Å². The molecule has 4 amide bonds. The zero-order valence-corrected chi connectivity index (χ0v) is 30.2. The van der Waals surface area contributed by atoms with Crippen LogP contribution in [0.4, 0.5) is 0 Å². The van der Waals surface area contributed by atoms with E-state index in [-0.39, 0.29) is 43.2 Å². The number of hydrogen-bond donors (Lipinski definition) is 3. The first kappa shape index (κ1) is 36.8. The SMILES string of the molecule is CCC[C@H](NC(=O)[C@@H]1C[C@]2(CC(c3cccc(Cl)c3)=NO2)CN1C(=O)[C@@H](NC(=O)[C@@H](C)C1CCCCC1)C(C)(C)C)C(=O)C(=O)NC1CC1. The Labute approximate surface area is 294 Å². The molecule has 3 N–H and O–H groups in total. The number of likely N-dealkylation sites (tertiary alicyclic amines) is 1. The first-order chi connectivity index (χ1) is 23.2. The number of oxime groups is 1. The highest BCUT2D eigenvalue weighted by molar-refractivity contribution is 6.38. The number of carbonyl (C=O) groups is 5. The van der Waals surface area contributed by atoms with Gasteiger partial charge in [-0.3, -0.25) is 24.0 Å². The summed E-state index contributed by atoms with van der Waals surface area (Å²) in [6, 6.07) is 4.25. The topological polar surface area (TPSA) is 146 Å². The van der Waals surface area contributed by atoms with Crippen molar-refractivity contribution in [3.8, 4) is 0 Å². The largest absolute Gasteiger partial charge is 0.387 e. The highest BCUT2D eigenvalue weighted by Gasteiger charge is 2.56. The minimum Gasteiger partial charge on any atom is -0.387 e. The van der Waals surface area contributed by atoms with E-state index < -0.39 is 52.6 Å². The van der Waals surface area contributed by atoms with Crippen molar-refractivity contribution in [2.24, 2.45) is 22.4 Å². The Morgan fingerprint density at radius 2 is 1.78 bits per heavy atom. The number of amides is 4. The van der Waals surface area contributed by atoms with Crippen molar-refractivity contribution in [2.45, 2.75) is 135 Å². The van der Waals surface area contributed by atoms with Crippen molar-refractivity contribution in [1.82, 2.24) is 20.9 Å². The van der Waals surface area contributed by atoms with E-state index >= 15 is 0 Å². The zero-order chi connectivity index (χ0) is 35.5. The zero-order valence-electron chi connectivity index (χ0n) is 29.5. The molecule has 4 aliphatic rings. The normalized spacial score (nSPS) is 24.4. The number of halogens is 1. The molecule has 3 fully saturated rings. The predicted molar refractivity (Wildman–Crippen MR) is 187 cm³/mol. The third kappa shape index (κ3) is 8.83. The van der Waals surface area contributed by atoms with Gasteiger partial charge in [0.2, 0.25) is 23.5 Å². The molecule has 0 unspecified atom stereocenters. The van der Waals surface area contributed by atoms with Gasteiger partial charge >= 0.3 is 0 Å². The van der Waals surface area contributed by atoms with Crippen molar-refractivity contribution in [3.63, 3.8) is 0 Å². The lowest BCUT2D eigenvalue weighted by Crippen LogP contribution is -2.59. The number of nitrogens with zero attached hydrogens (tertiary/aromatic N) is 2. The van der Waals surface area contributed by atoms with Crippen molar-refractivity contribution in [3.05, 3.63) is 34.9 Å². The van der Waals surface area contributed by atoms with Crippen LogP contribution in [0.2, 0.25) is 5.02 Å². The lowest BCUT2D eigenvalue weighted by molar-refractivity contribution is -0.146. The second-order valence-electron chi connectivity index (χ2n) is 15.6. The standard InChI is InChI=1S/C37H52ClN5O6/c1-6-11-27(30(44)34(47)39-26-16-17-26)40-33(46)29-20-37(19-28(42-49-37)24-14-10-15-25(38)18-24)21-43(29)35(48)31(36(3,4)5)41-32(45)22(2)23-12-8-7-9-13-23/h10,14-15,18,22-23,26-27,29,31H,6-9,11-13,16-17,19-21H2,1-5H3,(H,39,47)(H,40,46)(H,41,45)/t22-,27-,29-,31+,37+/m0/s1. The van der Waals surface area contributed by atoms with Gasteiger partial charge in [0, 0.05) is 35.4 Å². The minimum atomic E-state index is -1.04. The van der Waals surface area contributed by atoms with E-state index in [0.29, 0.717) is 23.6 Å². The van der Waals surface area contributed by atoms with Crippen LogP contribution in [-0.4, -0.2) is 76.3 Å². The van der Waals surface area contributed by atoms with E-state index in [1.54, 1.807) is 12.1 Å². The molecule has 49 heavy (non-hydrogen) atoms. The lowest BCUT2D eigenvalue weighted by atomic mass is 9.79. The molecular formula is C37H52ClN5O6. The maximum absolute atomic E-state index is 14.6. The molecule has 12 heteroatoms. The van der Waals surface area contributed by atoms with E-state index in [1.165, 1.54) is 11.3 Å². The molecule has 2 saturated carbocycles. The van der Waals surface area contributed by atoms with Crippen LogP contribution in [0.3, 0.4) is 0 Å². The molecule has 0 bridgehead atoms. The Balaban J connectivity index is 1.40. The third-order valence-corrected chi connectivity index (χ3v) is 10.7. The fourth-order valence-corrected chi connectivity index (χ4v) is 7.55. The molecule has 0 radical (unpaired) electrons. The average molecular weight is 698 g/mol. The lowest BCUT2D eigenvalue weighted by Gasteiger charge is -2.37. The van der Waals surface area contributed by atoms with E-state index in [1.807, 2.05) is 46.8 Å². The van der Waals surface area contributed by atoms with Crippen LogP contribution >= 0.6 is 11.6 Å². The Kier molecular flexibility index (Phi) is 11.4. The molecule has 5 rings (SSSR count). The fourth-order valence-electron chi connectivity index (χ4n) is 7.36. The van der Waals surface area contributed by atoms with Gasteiger partial charge in [0.25, 0.3) is 5.91 Å². The van der Waals surface area contributed by atoms with Crippen LogP contribution < -0.4 is 16.0 Å². The van der Waals surface area contributed by atoms with Gasteiger partial charge in [-0.1, -0.05) is 89.2 Å². The summed E-state index contributed by atoms with van der Waals surface area (Å²) in [4.78, 5) is 75.9. The van der Waals surface area contributed by atoms with Gasteiger partial charge in [-0.05, 0) is 55.6 Å². The Hall–Kier alpha value is -3.47. The summed E-state index contributed by atoms with van der Waals surface area (Å²) in [5.74, 6) is -2.53. The Bertz CT molecular complexity index is 1460. The number of ketones is 1. The third-order valence-electron chi connectivity index (χ3n) is 10.5. The molecule has 2 aliphatic carbocycles. The summed E-state index contributed by atoms with van der Waals surface area (Å²) in [7, 11) is 0. The summed E-state index contributed by atoms with van der Waals surface area (Å²) < 4.78 is 0. The smallest absolute Gasteiger partial charge is 0.289 e. The Morgan fingerprint density at radius 1 is 1.06 bits per heavy atom. The molecule has 2 aliphatic heterocycles. The summed E-state index contributed by atoms with van der Waals surface area (Å²) in [6.07, 6.45) is 8.27. The van der Waals surface area contributed by atoms with Crippen molar-refractivity contribution in [1.29, 1.82) is 0 Å². The monoisotopic (exact) mass is 697 g/mol.